The van der Waals surface area contributed by atoms with Gasteiger partial charge in [-0.25, -0.2) is 0 Å². The Bertz CT molecular complexity index is 278. The van der Waals surface area contributed by atoms with E-state index in [2.05, 4.69) is 19.1 Å². The van der Waals surface area contributed by atoms with Crippen LogP contribution in [-0.4, -0.2) is 22.4 Å². The van der Waals surface area contributed by atoms with Gasteiger partial charge in [0.25, 0.3) is 0 Å². The predicted molar refractivity (Wildman–Crippen MR) is 99.6 cm³/mol. The number of rotatable bonds is 13. The Morgan fingerprint density at radius 1 is 0.696 bits per heavy atom. The van der Waals surface area contributed by atoms with Crippen LogP contribution in [0.15, 0.2) is 12.2 Å². The molecule has 2 heteroatoms. The molecule has 0 aromatic carbocycles. The van der Waals surface area contributed by atoms with Crippen LogP contribution in [-0.2, 0) is 0 Å². The van der Waals surface area contributed by atoms with Crippen LogP contribution in [0.3, 0.4) is 0 Å². The lowest BCUT2D eigenvalue weighted by molar-refractivity contribution is 0.0118. The summed E-state index contributed by atoms with van der Waals surface area (Å²) in [4.78, 5) is 0. The topological polar surface area (TPSA) is 40.5 Å². The highest BCUT2D eigenvalue weighted by Crippen LogP contribution is 2.29. The summed E-state index contributed by atoms with van der Waals surface area (Å²) in [5.41, 5.74) is 0. The third kappa shape index (κ3) is 11.8. The van der Waals surface area contributed by atoms with Crippen LogP contribution < -0.4 is 0 Å². The lowest BCUT2D eigenvalue weighted by Crippen LogP contribution is -2.29. The zero-order chi connectivity index (χ0) is 16.8. The average Bonchev–Trinajstić information content (AvgIpc) is 2.51. The molecule has 0 radical (unpaired) electrons. The fourth-order valence-corrected chi connectivity index (χ4v) is 3.74. The highest BCUT2D eigenvalue weighted by atomic mass is 16.3. The molecule has 0 spiro atoms. The van der Waals surface area contributed by atoms with E-state index >= 15 is 0 Å². The summed E-state index contributed by atoms with van der Waals surface area (Å²) in [5.74, 6) is 0.549. The molecular formula is C21H40O2. The van der Waals surface area contributed by atoms with E-state index in [0.717, 1.165) is 12.8 Å². The van der Waals surface area contributed by atoms with Crippen LogP contribution >= 0.6 is 0 Å². The SMILES string of the molecule is CCCC/C=C\CCCCCCCCCC1C[C@@H](O)C[C@@H](O)C1. The van der Waals surface area contributed by atoms with Gasteiger partial charge in [0.15, 0.2) is 0 Å². The second-order valence-corrected chi connectivity index (χ2v) is 7.55. The molecule has 3 atom stereocenters. The van der Waals surface area contributed by atoms with Crippen LogP contribution in [0.4, 0.5) is 0 Å². The second-order valence-electron chi connectivity index (χ2n) is 7.55. The van der Waals surface area contributed by atoms with Gasteiger partial charge in [0, 0.05) is 0 Å². The molecule has 0 amide bonds. The van der Waals surface area contributed by atoms with Gasteiger partial charge in [-0.05, 0) is 44.4 Å². The van der Waals surface area contributed by atoms with Crippen molar-refractivity contribution in [1.29, 1.82) is 0 Å². The van der Waals surface area contributed by atoms with Gasteiger partial charge in [0.2, 0.25) is 0 Å². The summed E-state index contributed by atoms with van der Waals surface area (Å²) in [5, 5.41) is 19.4. The van der Waals surface area contributed by atoms with Crippen LogP contribution in [0.25, 0.3) is 0 Å². The molecule has 1 aliphatic rings. The van der Waals surface area contributed by atoms with Gasteiger partial charge in [0.05, 0.1) is 12.2 Å². The quantitative estimate of drug-likeness (QED) is 0.334. The minimum Gasteiger partial charge on any atom is -0.393 e. The largest absolute Gasteiger partial charge is 0.393 e. The minimum atomic E-state index is -0.264. The van der Waals surface area contributed by atoms with Crippen LogP contribution in [0.1, 0.15) is 103 Å². The molecule has 0 heterocycles. The fourth-order valence-electron chi connectivity index (χ4n) is 3.74. The Morgan fingerprint density at radius 2 is 1.22 bits per heavy atom. The zero-order valence-corrected chi connectivity index (χ0v) is 15.4. The third-order valence-electron chi connectivity index (χ3n) is 5.13. The monoisotopic (exact) mass is 324 g/mol. The van der Waals surface area contributed by atoms with Crippen molar-refractivity contribution in [3.8, 4) is 0 Å². The molecule has 1 aliphatic carbocycles. The van der Waals surface area contributed by atoms with E-state index in [1.807, 2.05) is 0 Å². The summed E-state index contributed by atoms with van der Waals surface area (Å²) in [7, 11) is 0. The van der Waals surface area contributed by atoms with Crippen LogP contribution in [0, 0.1) is 5.92 Å². The Kier molecular flexibility index (Phi) is 12.6. The van der Waals surface area contributed by atoms with Gasteiger partial charge in [-0.2, -0.15) is 0 Å². The van der Waals surface area contributed by atoms with Crippen molar-refractivity contribution in [1.82, 2.24) is 0 Å². The smallest absolute Gasteiger partial charge is 0.0567 e. The van der Waals surface area contributed by atoms with Gasteiger partial charge in [0.1, 0.15) is 0 Å². The van der Waals surface area contributed by atoms with E-state index in [1.165, 1.54) is 77.0 Å². The Labute approximate surface area is 144 Å². The normalized spacial score (nSPS) is 25.3. The number of aliphatic hydroxyl groups excluding tert-OH is 2. The van der Waals surface area contributed by atoms with E-state index in [4.69, 9.17) is 0 Å². The van der Waals surface area contributed by atoms with E-state index in [9.17, 15) is 10.2 Å². The Morgan fingerprint density at radius 3 is 1.83 bits per heavy atom. The molecule has 2 N–H and O–H groups in total. The number of hydrogen-bond acceptors (Lipinski definition) is 2. The van der Waals surface area contributed by atoms with Crippen molar-refractivity contribution in [3.05, 3.63) is 12.2 Å². The number of allylic oxidation sites excluding steroid dienone is 2. The molecular weight excluding hydrogens is 284 g/mol. The summed E-state index contributed by atoms with van der Waals surface area (Å²) in [6, 6.07) is 0. The zero-order valence-electron chi connectivity index (χ0n) is 15.4. The maximum atomic E-state index is 9.69. The molecule has 1 unspecified atom stereocenters. The molecule has 0 aromatic rings. The molecule has 23 heavy (non-hydrogen) atoms. The first-order chi connectivity index (χ1) is 11.2. The first-order valence-corrected chi connectivity index (χ1v) is 10.2. The molecule has 0 aliphatic heterocycles. The van der Waals surface area contributed by atoms with Crippen LogP contribution in [0.2, 0.25) is 0 Å². The molecule has 1 rings (SSSR count). The molecule has 136 valence electrons. The van der Waals surface area contributed by atoms with Crippen LogP contribution in [0.5, 0.6) is 0 Å². The summed E-state index contributed by atoms with van der Waals surface area (Å²) in [6.07, 6.45) is 22.3. The van der Waals surface area contributed by atoms with Crippen molar-refractivity contribution < 1.29 is 10.2 Å². The third-order valence-corrected chi connectivity index (χ3v) is 5.13. The van der Waals surface area contributed by atoms with Crippen molar-refractivity contribution in [2.24, 2.45) is 5.92 Å². The van der Waals surface area contributed by atoms with Gasteiger partial charge in [-0.3, -0.25) is 0 Å². The summed E-state index contributed by atoms with van der Waals surface area (Å²) >= 11 is 0. The summed E-state index contributed by atoms with van der Waals surface area (Å²) < 4.78 is 0. The first kappa shape index (κ1) is 20.7. The first-order valence-electron chi connectivity index (χ1n) is 10.2. The van der Waals surface area contributed by atoms with E-state index in [-0.39, 0.29) is 12.2 Å². The Hall–Kier alpha value is -0.340. The van der Waals surface area contributed by atoms with Gasteiger partial charge >= 0.3 is 0 Å². The predicted octanol–water partition coefficient (Wildman–Crippen LogP) is 5.77. The number of unbranched alkanes of at least 4 members (excludes halogenated alkanes) is 9. The van der Waals surface area contributed by atoms with Crippen molar-refractivity contribution in [2.45, 2.75) is 115 Å². The van der Waals surface area contributed by atoms with Gasteiger partial charge in [-0.15, -0.1) is 0 Å². The molecule has 2 nitrogen and oxygen atoms in total. The highest BCUT2D eigenvalue weighted by Gasteiger charge is 2.25. The van der Waals surface area contributed by atoms with E-state index in [1.54, 1.807) is 0 Å². The van der Waals surface area contributed by atoms with Crippen molar-refractivity contribution in [2.75, 3.05) is 0 Å². The summed E-state index contributed by atoms with van der Waals surface area (Å²) in [6.45, 7) is 2.25. The average molecular weight is 325 g/mol. The maximum absolute atomic E-state index is 9.69. The standard InChI is InChI=1S/C21H40O2/c1-2-3-4-5-6-7-8-9-10-11-12-13-14-15-19-16-20(22)18-21(23)17-19/h5-6,19-23H,2-4,7-18H2,1H3/b6-5-/t19?,20-,21+. The number of hydrogen-bond donors (Lipinski definition) is 2. The van der Waals surface area contributed by atoms with E-state index in [0.29, 0.717) is 12.3 Å². The fraction of sp³-hybridized carbons (Fsp3) is 0.905. The van der Waals surface area contributed by atoms with Gasteiger partial charge < -0.3 is 10.2 Å². The highest BCUT2D eigenvalue weighted by molar-refractivity contribution is 4.81. The minimum absolute atomic E-state index is 0.264. The molecule has 0 saturated heterocycles. The van der Waals surface area contributed by atoms with Crippen molar-refractivity contribution in [3.63, 3.8) is 0 Å². The lowest BCUT2D eigenvalue weighted by atomic mass is 9.82. The lowest BCUT2D eigenvalue weighted by Gasteiger charge is -2.29. The molecule has 0 aromatic heterocycles. The van der Waals surface area contributed by atoms with Crippen molar-refractivity contribution >= 4 is 0 Å². The molecule has 1 saturated carbocycles. The molecule has 0 bridgehead atoms. The second kappa shape index (κ2) is 14.0. The number of aliphatic hydroxyl groups is 2. The Balaban J connectivity index is 1.82. The van der Waals surface area contributed by atoms with Gasteiger partial charge in [-0.1, -0.05) is 76.9 Å². The molecule has 1 fully saturated rings. The maximum Gasteiger partial charge on any atom is 0.0567 e. The van der Waals surface area contributed by atoms with E-state index < -0.39 is 0 Å².